The maximum absolute atomic E-state index is 5.73. The molecule has 97 valence electrons. The van der Waals surface area contributed by atoms with Crippen LogP contribution in [0, 0.1) is 0 Å². The van der Waals surface area contributed by atoms with Crippen LogP contribution in [-0.4, -0.2) is 40.8 Å². The average Bonchev–Trinajstić information content (AvgIpc) is 2.29. The molecule has 0 aliphatic rings. The Morgan fingerprint density at radius 3 is 1.19 bits per heavy atom. The van der Waals surface area contributed by atoms with Gasteiger partial charge < -0.3 is 0 Å². The van der Waals surface area contributed by atoms with Gasteiger partial charge in [0.15, 0.2) is 0 Å². The first kappa shape index (κ1) is 16.7. The molecule has 0 aromatic rings. The van der Waals surface area contributed by atoms with Crippen molar-refractivity contribution in [2.75, 3.05) is 19.8 Å². The first-order valence-electron chi connectivity index (χ1n) is 6.60. The average molecular weight is 338 g/mol. The second-order valence-corrected chi connectivity index (χ2v) is 7.75. The molecule has 0 aromatic heterocycles. The molecule has 16 heavy (non-hydrogen) atoms. The molecule has 0 saturated carbocycles. The van der Waals surface area contributed by atoms with E-state index in [0.717, 1.165) is 39.1 Å². The molecule has 0 atom stereocenters. The Bertz CT molecular complexity index is 110. The zero-order valence-corrected chi connectivity index (χ0v) is 13.9. The third kappa shape index (κ3) is 11.2. The first-order valence-corrected chi connectivity index (χ1v) is 10.1. The number of rotatable bonds is 12. The Hall–Kier alpha value is 0.679. The van der Waals surface area contributed by atoms with Crippen molar-refractivity contribution in [3.8, 4) is 0 Å². The molecule has 3 nitrogen and oxygen atoms in total. The second-order valence-electron chi connectivity index (χ2n) is 3.86. The number of hydrogen-bond donors (Lipinski definition) is 0. The summed E-state index contributed by atoms with van der Waals surface area (Å²) in [4.78, 5) is 0. The summed E-state index contributed by atoms with van der Waals surface area (Å²) in [5.74, 6) is 0. The van der Waals surface area contributed by atoms with E-state index in [2.05, 4.69) is 20.8 Å². The van der Waals surface area contributed by atoms with Crippen LogP contribution in [0.25, 0.3) is 0 Å². The van der Waals surface area contributed by atoms with Gasteiger partial charge >= 0.3 is 109 Å². The van der Waals surface area contributed by atoms with Gasteiger partial charge in [0, 0.05) is 0 Å². The van der Waals surface area contributed by atoms with Crippen molar-refractivity contribution in [2.24, 2.45) is 0 Å². The Kier molecular flexibility index (Phi) is 14.3. The fourth-order valence-electron chi connectivity index (χ4n) is 1.02. The summed E-state index contributed by atoms with van der Waals surface area (Å²) in [5, 5.41) is 0. The quantitative estimate of drug-likeness (QED) is 0.403. The summed E-state index contributed by atoms with van der Waals surface area (Å²) in [5.41, 5.74) is 0. The third-order valence-corrected chi connectivity index (χ3v) is 5.92. The summed E-state index contributed by atoms with van der Waals surface area (Å²) in [6, 6.07) is 0. The van der Waals surface area contributed by atoms with E-state index in [1.165, 1.54) is 19.3 Å². The van der Waals surface area contributed by atoms with Gasteiger partial charge in [-0.2, -0.15) is 0 Å². The SMILES string of the molecule is CCCC[O][Sn]([O]CCCC)[O]CCCC. The van der Waals surface area contributed by atoms with Crippen LogP contribution >= 0.6 is 0 Å². The van der Waals surface area contributed by atoms with Crippen LogP contribution in [0.1, 0.15) is 59.3 Å². The van der Waals surface area contributed by atoms with Gasteiger partial charge in [-0.1, -0.05) is 0 Å². The molecule has 0 aromatic carbocycles. The zero-order valence-electron chi connectivity index (χ0n) is 11.1. The molecule has 0 unspecified atom stereocenters. The van der Waals surface area contributed by atoms with E-state index in [1.807, 2.05) is 0 Å². The molecule has 4 heteroatoms. The molecular formula is C12H27O3Sn. The van der Waals surface area contributed by atoms with Gasteiger partial charge in [0.1, 0.15) is 0 Å². The van der Waals surface area contributed by atoms with E-state index < -0.39 is 21.0 Å². The Morgan fingerprint density at radius 1 is 0.625 bits per heavy atom. The normalized spacial score (nSPS) is 11.2. The predicted octanol–water partition coefficient (Wildman–Crippen LogP) is 3.42. The minimum absolute atomic E-state index is 0.809. The second kappa shape index (κ2) is 13.7. The van der Waals surface area contributed by atoms with Crippen molar-refractivity contribution in [3.05, 3.63) is 0 Å². The van der Waals surface area contributed by atoms with Crippen molar-refractivity contribution in [1.29, 1.82) is 0 Å². The van der Waals surface area contributed by atoms with Crippen molar-refractivity contribution >= 4 is 21.0 Å². The van der Waals surface area contributed by atoms with Gasteiger partial charge in [0.25, 0.3) is 0 Å². The van der Waals surface area contributed by atoms with Crippen LogP contribution < -0.4 is 0 Å². The van der Waals surface area contributed by atoms with Crippen molar-refractivity contribution in [3.63, 3.8) is 0 Å². The molecule has 0 bridgehead atoms. The van der Waals surface area contributed by atoms with Gasteiger partial charge in [0.2, 0.25) is 0 Å². The Labute approximate surface area is 109 Å². The van der Waals surface area contributed by atoms with E-state index in [9.17, 15) is 0 Å². The summed E-state index contributed by atoms with van der Waals surface area (Å²) in [6.45, 7) is 8.93. The van der Waals surface area contributed by atoms with Crippen LogP contribution in [0.2, 0.25) is 0 Å². The van der Waals surface area contributed by atoms with E-state index in [1.54, 1.807) is 0 Å². The molecule has 0 saturated heterocycles. The summed E-state index contributed by atoms with van der Waals surface area (Å²) in [6.07, 6.45) is 6.83. The third-order valence-electron chi connectivity index (χ3n) is 2.15. The monoisotopic (exact) mass is 339 g/mol. The Morgan fingerprint density at radius 2 is 0.938 bits per heavy atom. The molecule has 0 N–H and O–H groups in total. The zero-order chi connectivity index (χ0) is 12.1. The van der Waals surface area contributed by atoms with Gasteiger partial charge in [-0.15, -0.1) is 0 Å². The van der Waals surface area contributed by atoms with Crippen LogP contribution in [0.3, 0.4) is 0 Å². The summed E-state index contributed by atoms with van der Waals surface area (Å²) in [7, 11) is 0. The molecular weight excluding hydrogens is 311 g/mol. The van der Waals surface area contributed by atoms with E-state index in [0.29, 0.717) is 0 Å². The van der Waals surface area contributed by atoms with Gasteiger partial charge in [0.05, 0.1) is 0 Å². The van der Waals surface area contributed by atoms with Crippen molar-refractivity contribution in [2.45, 2.75) is 59.3 Å². The molecule has 0 amide bonds. The maximum atomic E-state index is 5.73. The van der Waals surface area contributed by atoms with E-state index >= 15 is 0 Å². The van der Waals surface area contributed by atoms with Crippen molar-refractivity contribution < 1.29 is 9.22 Å². The number of unbranched alkanes of at least 4 members (excludes halogenated alkanes) is 3. The molecule has 0 heterocycles. The van der Waals surface area contributed by atoms with E-state index in [-0.39, 0.29) is 0 Å². The topological polar surface area (TPSA) is 27.7 Å². The first-order chi connectivity index (χ1) is 7.85. The molecule has 0 rings (SSSR count). The Balaban J connectivity index is 3.58. The molecule has 0 spiro atoms. The van der Waals surface area contributed by atoms with E-state index in [4.69, 9.17) is 9.22 Å². The van der Waals surface area contributed by atoms with Crippen molar-refractivity contribution in [1.82, 2.24) is 0 Å². The van der Waals surface area contributed by atoms with Gasteiger partial charge in [-0.05, 0) is 0 Å². The predicted molar refractivity (Wildman–Crippen MR) is 68.3 cm³/mol. The molecule has 0 aliphatic carbocycles. The fourth-order valence-corrected chi connectivity index (χ4v) is 4.40. The van der Waals surface area contributed by atoms with Gasteiger partial charge in [-0.3, -0.25) is 0 Å². The molecule has 0 fully saturated rings. The molecule has 0 aliphatic heterocycles. The minimum atomic E-state index is -2.40. The van der Waals surface area contributed by atoms with Crippen LogP contribution in [0.5, 0.6) is 0 Å². The van der Waals surface area contributed by atoms with Gasteiger partial charge in [-0.25, -0.2) is 0 Å². The number of hydrogen-bond acceptors (Lipinski definition) is 3. The fraction of sp³-hybridized carbons (Fsp3) is 1.00. The van der Waals surface area contributed by atoms with Crippen LogP contribution in [-0.2, 0) is 9.22 Å². The summed E-state index contributed by atoms with van der Waals surface area (Å²) < 4.78 is 17.2. The standard InChI is InChI=1S/3C4H9O.Sn/c3*1-2-3-4-5;/h3*2-4H2,1H3;/q3*-1;+3. The van der Waals surface area contributed by atoms with Crippen LogP contribution in [0.4, 0.5) is 0 Å². The van der Waals surface area contributed by atoms with Crippen LogP contribution in [0.15, 0.2) is 0 Å². The molecule has 1 radical (unpaired) electrons. The summed E-state index contributed by atoms with van der Waals surface area (Å²) >= 11 is -2.40.